The smallest absolute Gasteiger partial charge is 0.236 e. The van der Waals surface area contributed by atoms with Gasteiger partial charge in [0, 0.05) is 23.5 Å². The minimum Gasteiger partial charge on any atom is -0.236 e. The third kappa shape index (κ3) is 5.03. The lowest BCUT2D eigenvalue weighted by atomic mass is 10.0. The number of hydrogen-bond donors (Lipinski definition) is 0. The molecule has 6 heteroatoms. The molecule has 0 N–H and O–H groups in total. The van der Waals surface area contributed by atoms with Crippen LogP contribution in [-0.2, 0) is 6.42 Å². The summed E-state index contributed by atoms with van der Waals surface area (Å²) in [4.78, 5) is 8.76. The van der Waals surface area contributed by atoms with Crippen molar-refractivity contribution in [2.24, 2.45) is 0 Å². The Kier molecular flexibility index (Phi) is 5.87. The van der Waals surface area contributed by atoms with E-state index in [1.54, 1.807) is 12.1 Å². The van der Waals surface area contributed by atoms with Gasteiger partial charge < -0.3 is 0 Å². The minimum absolute atomic E-state index is 0.113. The SMILES string of the molecule is CCCc1cnc(-c2ccc(-c3ccc(C(F)=CC(F)(F)F)cc3)cc2)nc1. The summed E-state index contributed by atoms with van der Waals surface area (Å²) in [6, 6.07) is 13.3. The molecule has 2 aromatic carbocycles. The summed E-state index contributed by atoms with van der Waals surface area (Å²) in [6.07, 6.45) is 0.584. The predicted octanol–water partition coefficient (Wildman–Crippen LogP) is 6.64. The van der Waals surface area contributed by atoms with E-state index < -0.39 is 12.0 Å². The molecular formula is C22H18F4N2. The average Bonchev–Trinajstić information content (AvgIpc) is 2.68. The van der Waals surface area contributed by atoms with Crippen LogP contribution in [0.4, 0.5) is 17.6 Å². The van der Waals surface area contributed by atoms with Crippen molar-refractivity contribution in [3.05, 3.63) is 78.1 Å². The van der Waals surface area contributed by atoms with Gasteiger partial charge in [-0.05, 0) is 23.1 Å². The highest BCUT2D eigenvalue weighted by molar-refractivity contribution is 5.70. The minimum atomic E-state index is -4.69. The molecule has 3 rings (SSSR count). The van der Waals surface area contributed by atoms with Gasteiger partial charge in [-0.1, -0.05) is 61.9 Å². The van der Waals surface area contributed by atoms with Gasteiger partial charge in [-0.15, -0.1) is 0 Å². The number of alkyl halides is 3. The Balaban J connectivity index is 1.77. The van der Waals surface area contributed by atoms with Crippen LogP contribution in [0.3, 0.4) is 0 Å². The van der Waals surface area contributed by atoms with Crippen LogP contribution in [-0.4, -0.2) is 16.1 Å². The molecule has 0 spiro atoms. The van der Waals surface area contributed by atoms with Crippen LogP contribution in [0.2, 0.25) is 0 Å². The summed E-state index contributed by atoms with van der Waals surface area (Å²) in [6.45, 7) is 2.10. The van der Waals surface area contributed by atoms with E-state index in [1.807, 2.05) is 36.7 Å². The Morgan fingerprint density at radius 1 is 0.857 bits per heavy atom. The Hall–Kier alpha value is -3.02. The molecule has 144 valence electrons. The summed E-state index contributed by atoms with van der Waals surface area (Å²) in [5.74, 6) is -0.681. The van der Waals surface area contributed by atoms with Crippen LogP contribution in [0.25, 0.3) is 28.3 Å². The summed E-state index contributed by atoms with van der Waals surface area (Å²) in [5.41, 5.74) is 3.48. The van der Waals surface area contributed by atoms with Crippen molar-refractivity contribution in [3.63, 3.8) is 0 Å². The van der Waals surface area contributed by atoms with Crippen LogP contribution in [0, 0.1) is 0 Å². The fourth-order valence-corrected chi connectivity index (χ4v) is 2.78. The van der Waals surface area contributed by atoms with Crippen molar-refractivity contribution in [1.29, 1.82) is 0 Å². The third-order valence-electron chi connectivity index (χ3n) is 4.17. The van der Waals surface area contributed by atoms with Crippen molar-refractivity contribution in [1.82, 2.24) is 9.97 Å². The van der Waals surface area contributed by atoms with Gasteiger partial charge in [0.15, 0.2) is 5.82 Å². The van der Waals surface area contributed by atoms with Crippen molar-refractivity contribution in [3.8, 4) is 22.5 Å². The molecule has 2 nitrogen and oxygen atoms in total. The van der Waals surface area contributed by atoms with Gasteiger partial charge in [0.1, 0.15) is 5.83 Å². The maximum atomic E-state index is 13.6. The van der Waals surface area contributed by atoms with Crippen molar-refractivity contribution in [2.45, 2.75) is 25.9 Å². The molecule has 0 fully saturated rings. The van der Waals surface area contributed by atoms with Gasteiger partial charge in [0.25, 0.3) is 0 Å². The van der Waals surface area contributed by atoms with Gasteiger partial charge in [-0.3, -0.25) is 0 Å². The lowest BCUT2D eigenvalue weighted by Gasteiger charge is -2.06. The molecule has 0 unspecified atom stereocenters. The summed E-state index contributed by atoms with van der Waals surface area (Å²) >= 11 is 0. The second-order valence-electron chi connectivity index (χ2n) is 6.35. The fourth-order valence-electron chi connectivity index (χ4n) is 2.78. The van der Waals surface area contributed by atoms with Crippen molar-refractivity contribution < 1.29 is 17.6 Å². The number of nitrogens with zero attached hydrogens (tertiary/aromatic N) is 2. The molecule has 0 aliphatic heterocycles. The Bertz CT molecular complexity index is 942. The van der Waals surface area contributed by atoms with E-state index in [-0.39, 0.29) is 11.6 Å². The number of aryl methyl sites for hydroxylation is 1. The van der Waals surface area contributed by atoms with Gasteiger partial charge >= 0.3 is 6.18 Å². The summed E-state index contributed by atoms with van der Waals surface area (Å²) < 4.78 is 50.4. The van der Waals surface area contributed by atoms with Gasteiger partial charge in [0.05, 0.1) is 6.08 Å². The molecular weight excluding hydrogens is 368 g/mol. The van der Waals surface area contributed by atoms with Crippen LogP contribution < -0.4 is 0 Å². The Labute approximate surface area is 160 Å². The van der Waals surface area contributed by atoms with E-state index in [4.69, 9.17) is 0 Å². The molecule has 0 amide bonds. The number of allylic oxidation sites excluding steroid dienone is 1. The fraction of sp³-hybridized carbons (Fsp3) is 0.182. The quantitative estimate of drug-likeness (QED) is 0.460. The lowest BCUT2D eigenvalue weighted by Crippen LogP contribution is -2.01. The molecule has 0 atom stereocenters. The molecule has 0 saturated carbocycles. The monoisotopic (exact) mass is 386 g/mol. The third-order valence-corrected chi connectivity index (χ3v) is 4.17. The molecule has 1 heterocycles. The maximum absolute atomic E-state index is 13.6. The molecule has 0 aliphatic carbocycles. The van der Waals surface area contributed by atoms with E-state index in [2.05, 4.69) is 16.9 Å². The number of halogens is 4. The van der Waals surface area contributed by atoms with Crippen LogP contribution in [0.1, 0.15) is 24.5 Å². The zero-order valence-corrected chi connectivity index (χ0v) is 15.2. The first-order valence-corrected chi connectivity index (χ1v) is 8.83. The standard InChI is InChI=1S/C22H18F4N2/c1-2-3-15-13-27-21(28-14-15)19-10-6-17(7-11-19)16-4-8-18(9-5-16)20(23)12-22(24,25)26/h4-14H,2-3H2,1H3. The van der Waals surface area contributed by atoms with E-state index >= 15 is 0 Å². The van der Waals surface area contributed by atoms with E-state index in [1.165, 1.54) is 12.1 Å². The highest BCUT2D eigenvalue weighted by Crippen LogP contribution is 2.28. The summed E-state index contributed by atoms with van der Waals surface area (Å²) in [5, 5.41) is 0. The molecule has 0 radical (unpaired) electrons. The Morgan fingerprint density at radius 2 is 1.36 bits per heavy atom. The zero-order chi connectivity index (χ0) is 20.1. The average molecular weight is 386 g/mol. The van der Waals surface area contributed by atoms with E-state index in [9.17, 15) is 17.6 Å². The largest absolute Gasteiger partial charge is 0.412 e. The topological polar surface area (TPSA) is 25.8 Å². The Morgan fingerprint density at radius 3 is 1.86 bits per heavy atom. The zero-order valence-electron chi connectivity index (χ0n) is 15.2. The normalized spacial score (nSPS) is 12.2. The van der Waals surface area contributed by atoms with Gasteiger partial charge in [-0.2, -0.15) is 13.2 Å². The molecule has 28 heavy (non-hydrogen) atoms. The second kappa shape index (κ2) is 8.33. The van der Waals surface area contributed by atoms with E-state index in [0.29, 0.717) is 5.82 Å². The van der Waals surface area contributed by atoms with Crippen LogP contribution in [0.5, 0.6) is 0 Å². The molecule has 1 aromatic heterocycles. The first-order chi connectivity index (χ1) is 13.4. The van der Waals surface area contributed by atoms with Gasteiger partial charge in [0.2, 0.25) is 0 Å². The molecule has 0 saturated heterocycles. The first kappa shape index (κ1) is 19.7. The number of benzene rings is 2. The second-order valence-corrected chi connectivity index (χ2v) is 6.35. The van der Waals surface area contributed by atoms with Crippen molar-refractivity contribution >= 4 is 5.83 Å². The first-order valence-electron chi connectivity index (χ1n) is 8.83. The number of aromatic nitrogens is 2. The molecule has 3 aromatic rings. The number of rotatable bonds is 5. The summed E-state index contributed by atoms with van der Waals surface area (Å²) in [7, 11) is 0. The molecule has 0 aliphatic rings. The van der Waals surface area contributed by atoms with Crippen molar-refractivity contribution in [2.75, 3.05) is 0 Å². The van der Waals surface area contributed by atoms with Crippen LogP contribution in [0.15, 0.2) is 67.0 Å². The van der Waals surface area contributed by atoms with Gasteiger partial charge in [-0.25, -0.2) is 14.4 Å². The predicted molar refractivity (Wildman–Crippen MR) is 102 cm³/mol. The highest BCUT2D eigenvalue weighted by Gasteiger charge is 2.25. The molecule has 0 bridgehead atoms. The van der Waals surface area contributed by atoms with E-state index in [0.717, 1.165) is 35.1 Å². The van der Waals surface area contributed by atoms with Crippen LogP contribution >= 0.6 is 0 Å². The highest BCUT2D eigenvalue weighted by atomic mass is 19.4. The maximum Gasteiger partial charge on any atom is 0.412 e. The number of hydrogen-bond acceptors (Lipinski definition) is 2. The lowest BCUT2D eigenvalue weighted by molar-refractivity contribution is -0.0798.